The maximum absolute atomic E-state index is 12.9. The third-order valence-corrected chi connectivity index (χ3v) is 6.09. The molecule has 7 heteroatoms. The highest BCUT2D eigenvalue weighted by Crippen LogP contribution is 2.25. The normalized spacial score (nSPS) is 11.3. The molecule has 0 aliphatic carbocycles. The maximum Gasteiger partial charge on any atom is 0.297 e. The van der Waals surface area contributed by atoms with Gasteiger partial charge in [0.05, 0.1) is 0 Å². The molecule has 0 atom stereocenters. The SMILES string of the molecule is C=CCn1c(SCc2ccc(C(C)(C)C)cc2)nnc(Nc2ccc(Br)cc2)c1=O. The highest BCUT2D eigenvalue weighted by molar-refractivity contribution is 9.10. The van der Waals surface area contributed by atoms with E-state index in [1.807, 2.05) is 24.3 Å². The minimum Gasteiger partial charge on any atom is -0.334 e. The lowest BCUT2D eigenvalue weighted by Gasteiger charge is -2.19. The second-order valence-corrected chi connectivity index (χ2v) is 9.76. The van der Waals surface area contributed by atoms with Crippen molar-refractivity contribution >= 4 is 39.2 Å². The molecule has 3 rings (SSSR count). The van der Waals surface area contributed by atoms with Crippen molar-refractivity contribution in [3.05, 3.63) is 87.1 Å². The third-order valence-electron chi connectivity index (χ3n) is 4.52. The Morgan fingerprint density at radius 3 is 2.37 bits per heavy atom. The van der Waals surface area contributed by atoms with Crippen molar-refractivity contribution in [3.63, 3.8) is 0 Å². The van der Waals surface area contributed by atoms with E-state index in [0.29, 0.717) is 17.5 Å². The van der Waals surface area contributed by atoms with Crippen LogP contribution in [0.2, 0.25) is 0 Å². The average molecular weight is 485 g/mol. The van der Waals surface area contributed by atoms with Gasteiger partial charge in [-0.3, -0.25) is 9.36 Å². The van der Waals surface area contributed by atoms with E-state index in [-0.39, 0.29) is 16.8 Å². The number of nitrogens with zero attached hydrogens (tertiary/aromatic N) is 3. The van der Waals surface area contributed by atoms with E-state index in [9.17, 15) is 4.79 Å². The van der Waals surface area contributed by atoms with Crippen molar-refractivity contribution in [1.29, 1.82) is 0 Å². The number of aromatic nitrogens is 3. The van der Waals surface area contributed by atoms with Crippen molar-refractivity contribution in [2.75, 3.05) is 5.32 Å². The van der Waals surface area contributed by atoms with E-state index in [1.165, 1.54) is 22.9 Å². The van der Waals surface area contributed by atoms with Crippen molar-refractivity contribution in [2.45, 2.75) is 43.6 Å². The van der Waals surface area contributed by atoms with Crippen molar-refractivity contribution in [1.82, 2.24) is 14.8 Å². The Kier molecular flexibility index (Phi) is 7.15. The van der Waals surface area contributed by atoms with Gasteiger partial charge in [-0.25, -0.2) is 0 Å². The Labute approximate surface area is 189 Å². The lowest BCUT2D eigenvalue weighted by molar-refractivity contribution is 0.590. The summed E-state index contributed by atoms with van der Waals surface area (Å²) in [5.74, 6) is 0.896. The molecule has 30 heavy (non-hydrogen) atoms. The summed E-state index contributed by atoms with van der Waals surface area (Å²) in [4.78, 5) is 12.9. The first-order valence-electron chi connectivity index (χ1n) is 9.61. The molecule has 0 unspecified atom stereocenters. The van der Waals surface area contributed by atoms with Gasteiger partial charge in [0.2, 0.25) is 5.82 Å². The van der Waals surface area contributed by atoms with Crippen molar-refractivity contribution in [3.8, 4) is 0 Å². The average Bonchev–Trinajstić information content (AvgIpc) is 2.71. The first-order chi connectivity index (χ1) is 14.3. The summed E-state index contributed by atoms with van der Waals surface area (Å²) < 4.78 is 2.56. The zero-order chi connectivity index (χ0) is 21.7. The summed E-state index contributed by atoms with van der Waals surface area (Å²) in [6.07, 6.45) is 1.69. The number of nitrogens with one attached hydrogen (secondary N) is 1. The van der Waals surface area contributed by atoms with Gasteiger partial charge in [0.15, 0.2) is 5.16 Å². The molecule has 156 valence electrons. The first-order valence-corrected chi connectivity index (χ1v) is 11.4. The fourth-order valence-electron chi connectivity index (χ4n) is 2.80. The zero-order valence-electron chi connectivity index (χ0n) is 17.4. The molecule has 0 saturated heterocycles. The van der Waals surface area contributed by atoms with Crippen LogP contribution in [0.25, 0.3) is 0 Å². The molecule has 0 amide bonds. The molecule has 1 aromatic heterocycles. The summed E-state index contributed by atoms with van der Waals surface area (Å²) in [6, 6.07) is 16.1. The number of halogens is 1. The quantitative estimate of drug-likeness (QED) is 0.333. The van der Waals surface area contributed by atoms with Crippen LogP contribution in [-0.2, 0) is 17.7 Å². The minimum absolute atomic E-state index is 0.124. The van der Waals surface area contributed by atoms with E-state index in [2.05, 4.69) is 83.1 Å². The molecule has 1 N–H and O–H groups in total. The smallest absolute Gasteiger partial charge is 0.297 e. The number of hydrogen-bond donors (Lipinski definition) is 1. The molecule has 0 saturated carbocycles. The summed E-state index contributed by atoms with van der Waals surface area (Å²) in [5, 5.41) is 12.1. The van der Waals surface area contributed by atoms with Crippen LogP contribution < -0.4 is 10.9 Å². The van der Waals surface area contributed by atoms with Gasteiger partial charge in [-0.05, 0) is 40.8 Å². The fraction of sp³-hybridized carbons (Fsp3) is 0.261. The number of benzene rings is 2. The number of thioether (sulfide) groups is 1. The third kappa shape index (κ3) is 5.61. The topological polar surface area (TPSA) is 59.8 Å². The maximum atomic E-state index is 12.9. The number of rotatable bonds is 7. The predicted molar refractivity (Wildman–Crippen MR) is 129 cm³/mol. The van der Waals surface area contributed by atoms with E-state index >= 15 is 0 Å². The van der Waals surface area contributed by atoms with Crippen LogP contribution in [0, 0.1) is 0 Å². The van der Waals surface area contributed by atoms with Gasteiger partial charge < -0.3 is 5.32 Å². The van der Waals surface area contributed by atoms with Crippen LogP contribution in [0.4, 0.5) is 11.5 Å². The molecule has 0 aliphatic rings. The zero-order valence-corrected chi connectivity index (χ0v) is 19.8. The molecule has 0 radical (unpaired) electrons. The van der Waals surface area contributed by atoms with E-state index in [4.69, 9.17) is 0 Å². The van der Waals surface area contributed by atoms with Crippen molar-refractivity contribution < 1.29 is 0 Å². The molecule has 5 nitrogen and oxygen atoms in total. The van der Waals surface area contributed by atoms with Gasteiger partial charge >= 0.3 is 0 Å². The lowest BCUT2D eigenvalue weighted by atomic mass is 9.87. The van der Waals surface area contributed by atoms with Gasteiger partial charge in [0, 0.05) is 22.5 Å². The highest BCUT2D eigenvalue weighted by atomic mass is 79.9. The van der Waals surface area contributed by atoms with Crippen molar-refractivity contribution in [2.24, 2.45) is 0 Å². The Bertz CT molecular complexity index is 1070. The molecular weight excluding hydrogens is 460 g/mol. The molecule has 1 heterocycles. The standard InChI is InChI=1S/C23H25BrN4OS/c1-5-14-28-21(29)20(25-19-12-10-18(24)11-13-19)26-27-22(28)30-15-16-6-8-17(9-7-16)23(2,3)4/h5-13H,1,14-15H2,2-4H3,(H,25,26). The van der Waals surface area contributed by atoms with E-state index < -0.39 is 0 Å². The molecule has 0 aliphatic heterocycles. The molecular formula is C23H25BrN4OS. The number of allylic oxidation sites excluding steroid dienone is 1. The number of anilines is 2. The van der Waals surface area contributed by atoms with Crippen LogP contribution >= 0.6 is 27.7 Å². The van der Waals surface area contributed by atoms with Gasteiger partial charge in [-0.2, -0.15) is 0 Å². The molecule has 0 bridgehead atoms. The highest BCUT2D eigenvalue weighted by Gasteiger charge is 2.14. The van der Waals surface area contributed by atoms with Crippen LogP contribution in [0.15, 0.2) is 75.6 Å². The second kappa shape index (κ2) is 9.62. The molecule has 0 fully saturated rings. The largest absolute Gasteiger partial charge is 0.334 e. The minimum atomic E-state index is -0.224. The Morgan fingerprint density at radius 1 is 1.10 bits per heavy atom. The lowest BCUT2D eigenvalue weighted by Crippen LogP contribution is -2.26. The summed E-state index contributed by atoms with van der Waals surface area (Å²) >= 11 is 4.89. The van der Waals surface area contributed by atoms with Gasteiger partial charge in [-0.1, -0.05) is 78.8 Å². The molecule has 0 spiro atoms. The van der Waals surface area contributed by atoms with E-state index in [0.717, 1.165) is 10.2 Å². The fourth-order valence-corrected chi connectivity index (χ4v) is 3.96. The monoisotopic (exact) mass is 484 g/mol. The molecule has 3 aromatic rings. The van der Waals surface area contributed by atoms with Gasteiger partial charge in [0.25, 0.3) is 5.56 Å². The summed E-state index contributed by atoms with van der Waals surface area (Å²) in [6.45, 7) is 10.7. The van der Waals surface area contributed by atoms with Gasteiger partial charge in [-0.15, -0.1) is 16.8 Å². The Hall–Kier alpha value is -2.38. The van der Waals surface area contributed by atoms with E-state index in [1.54, 1.807) is 10.6 Å². The van der Waals surface area contributed by atoms with Gasteiger partial charge in [0.1, 0.15) is 0 Å². The number of hydrogen-bond acceptors (Lipinski definition) is 5. The van der Waals surface area contributed by atoms with Crippen LogP contribution in [0.3, 0.4) is 0 Å². The molecule has 2 aromatic carbocycles. The predicted octanol–water partition coefficient (Wildman–Crippen LogP) is 5.92. The Morgan fingerprint density at radius 2 is 1.77 bits per heavy atom. The summed E-state index contributed by atoms with van der Waals surface area (Å²) in [7, 11) is 0. The Balaban J connectivity index is 1.79. The van der Waals surface area contributed by atoms with Crippen LogP contribution in [-0.4, -0.2) is 14.8 Å². The van der Waals surface area contributed by atoms with Crippen LogP contribution in [0.5, 0.6) is 0 Å². The first kappa shape index (κ1) is 22.3. The second-order valence-electron chi connectivity index (χ2n) is 7.90. The summed E-state index contributed by atoms with van der Waals surface area (Å²) in [5.41, 5.74) is 3.14. The van der Waals surface area contributed by atoms with Crippen LogP contribution in [0.1, 0.15) is 31.9 Å².